The smallest absolute Gasteiger partial charge is 0.262 e. The van der Waals surface area contributed by atoms with Gasteiger partial charge in [-0.2, -0.15) is 5.10 Å². The molecule has 0 spiro atoms. The van der Waals surface area contributed by atoms with E-state index in [-0.39, 0.29) is 17.3 Å². The quantitative estimate of drug-likeness (QED) is 0.399. The fourth-order valence-corrected chi connectivity index (χ4v) is 3.81. The Morgan fingerprint density at radius 1 is 1.23 bits per heavy atom. The molecule has 2 aromatic carbocycles. The molecule has 0 saturated carbocycles. The summed E-state index contributed by atoms with van der Waals surface area (Å²) in [5.41, 5.74) is 8.90. The lowest BCUT2D eigenvalue weighted by Gasteiger charge is -2.14. The van der Waals surface area contributed by atoms with Crippen LogP contribution in [0, 0.1) is 12.7 Å². The Bertz CT molecular complexity index is 1290. The predicted molar refractivity (Wildman–Crippen MR) is 118 cm³/mol. The molecule has 4 rings (SSSR count). The molecule has 4 N–H and O–H groups in total. The number of nitrogens with one attached hydrogen (secondary N) is 2. The molecule has 4 aromatic rings. The van der Waals surface area contributed by atoms with E-state index in [0.717, 1.165) is 22.2 Å². The van der Waals surface area contributed by atoms with Gasteiger partial charge in [0.2, 0.25) is 5.91 Å². The van der Waals surface area contributed by atoms with Gasteiger partial charge < -0.3 is 15.6 Å². The Hall–Kier alpha value is -3.52. The molecule has 0 aliphatic carbocycles. The number of carbonyl (C=O) groups excluding carboxylic acids is 1. The summed E-state index contributed by atoms with van der Waals surface area (Å²) in [6, 6.07) is 12.9. The Morgan fingerprint density at radius 2 is 1.97 bits per heavy atom. The molecule has 1 atom stereocenters. The second kappa shape index (κ2) is 8.69. The number of carbonyl (C=O) groups is 1. The van der Waals surface area contributed by atoms with Crippen molar-refractivity contribution in [2.24, 2.45) is 5.73 Å². The third kappa shape index (κ3) is 4.20. The monoisotopic (exact) mass is 421 g/mol. The average Bonchev–Trinajstić information content (AvgIpc) is 3.16. The zero-order valence-corrected chi connectivity index (χ0v) is 17.2. The van der Waals surface area contributed by atoms with Crippen molar-refractivity contribution in [2.45, 2.75) is 32.4 Å². The second-order valence-corrected chi connectivity index (χ2v) is 7.63. The highest BCUT2D eigenvalue weighted by Crippen LogP contribution is 2.22. The van der Waals surface area contributed by atoms with Crippen molar-refractivity contribution in [3.8, 4) is 0 Å². The molecule has 31 heavy (non-hydrogen) atoms. The van der Waals surface area contributed by atoms with Crippen LogP contribution in [0.4, 0.5) is 4.39 Å². The van der Waals surface area contributed by atoms with Crippen LogP contribution in [0.3, 0.4) is 0 Å². The van der Waals surface area contributed by atoms with Crippen molar-refractivity contribution in [1.82, 2.24) is 20.1 Å². The number of pyridine rings is 1. The first kappa shape index (κ1) is 20.7. The Balaban J connectivity index is 1.42. The van der Waals surface area contributed by atoms with Gasteiger partial charge in [0.15, 0.2) is 0 Å². The van der Waals surface area contributed by atoms with Gasteiger partial charge in [-0.15, -0.1) is 0 Å². The van der Waals surface area contributed by atoms with E-state index < -0.39 is 6.04 Å². The number of rotatable bonds is 7. The van der Waals surface area contributed by atoms with E-state index in [1.165, 1.54) is 12.1 Å². The molecule has 7 nitrogen and oxygen atoms in total. The summed E-state index contributed by atoms with van der Waals surface area (Å²) in [6.07, 6.45) is 0.897. The highest BCUT2D eigenvalue weighted by molar-refractivity contribution is 6.03. The van der Waals surface area contributed by atoms with Gasteiger partial charge in [-0.3, -0.25) is 14.7 Å². The van der Waals surface area contributed by atoms with Crippen LogP contribution in [0.2, 0.25) is 0 Å². The fraction of sp³-hybridized carbons (Fsp3) is 0.261. The van der Waals surface area contributed by atoms with Gasteiger partial charge >= 0.3 is 0 Å². The molecule has 0 saturated heterocycles. The molecule has 1 amide bonds. The maximum Gasteiger partial charge on any atom is 0.262 e. The number of halogens is 1. The van der Waals surface area contributed by atoms with Crippen molar-refractivity contribution in [2.75, 3.05) is 6.54 Å². The van der Waals surface area contributed by atoms with E-state index in [1.807, 2.05) is 31.2 Å². The first-order valence-electron chi connectivity index (χ1n) is 10.2. The molecular formula is C23H24FN5O2. The molecule has 1 unspecified atom stereocenters. The van der Waals surface area contributed by atoms with Crippen molar-refractivity contribution in [1.29, 1.82) is 0 Å². The van der Waals surface area contributed by atoms with Gasteiger partial charge in [-0.25, -0.2) is 4.39 Å². The van der Waals surface area contributed by atoms with Crippen LogP contribution in [-0.4, -0.2) is 33.3 Å². The number of amides is 1. The molecule has 8 heteroatoms. The number of aromatic nitrogens is 3. The maximum atomic E-state index is 13.1. The zero-order chi connectivity index (χ0) is 22.0. The van der Waals surface area contributed by atoms with Crippen LogP contribution in [0.5, 0.6) is 0 Å². The number of aryl methyl sites for hydroxylation is 2. The van der Waals surface area contributed by atoms with Crippen molar-refractivity contribution < 1.29 is 9.18 Å². The topological polar surface area (TPSA) is 106 Å². The second-order valence-electron chi connectivity index (χ2n) is 7.63. The minimum Gasteiger partial charge on any atom is -0.355 e. The lowest BCUT2D eigenvalue weighted by Crippen LogP contribution is -2.42. The third-order valence-corrected chi connectivity index (χ3v) is 5.42. The molecule has 2 heterocycles. The van der Waals surface area contributed by atoms with E-state index in [1.54, 1.807) is 16.7 Å². The highest BCUT2D eigenvalue weighted by atomic mass is 19.1. The lowest BCUT2D eigenvalue weighted by atomic mass is 10.1. The largest absolute Gasteiger partial charge is 0.355 e. The van der Waals surface area contributed by atoms with Crippen LogP contribution in [0.1, 0.15) is 17.7 Å². The van der Waals surface area contributed by atoms with Crippen molar-refractivity contribution in [3.05, 3.63) is 76.0 Å². The van der Waals surface area contributed by atoms with E-state index in [9.17, 15) is 14.0 Å². The summed E-state index contributed by atoms with van der Waals surface area (Å²) in [5, 5.41) is 11.5. The first-order chi connectivity index (χ1) is 15.0. The number of hydrogen-bond acceptors (Lipinski definition) is 4. The molecule has 0 fully saturated rings. The SMILES string of the molecule is Cc1[nH]nc2c1c(=O)n(CCCNC(=O)C(N)Cc1ccc(F)cc1)c1ccccc21. The number of hydrogen-bond donors (Lipinski definition) is 3. The minimum absolute atomic E-state index is 0.0979. The number of fused-ring (bicyclic) bond motifs is 3. The van der Waals surface area contributed by atoms with Crippen molar-refractivity contribution >= 4 is 27.7 Å². The fourth-order valence-electron chi connectivity index (χ4n) is 3.81. The number of H-pyrrole nitrogens is 1. The van der Waals surface area contributed by atoms with Gasteiger partial charge in [-0.05, 0) is 43.5 Å². The molecule has 0 aliphatic heterocycles. The lowest BCUT2D eigenvalue weighted by molar-refractivity contribution is -0.122. The van der Waals surface area contributed by atoms with Gasteiger partial charge in [0.05, 0.1) is 16.9 Å². The summed E-state index contributed by atoms with van der Waals surface area (Å²) in [7, 11) is 0. The number of nitrogens with two attached hydrogens (primary N) is 1. The van der Waals surface area contributed by atoms with Crippen LogP contribution in [0.25, 0.3) is 21.8 Å². The zero-order valence-electron chi connectivity index (χ0n) is 17.2. The van der Waals surface area contributed by atoms with Gasteiger partial charge in [-0.1, -0.05) is 30.3 Å². The molecule has 160 valence electrons. The van der Waals surface area contributed by atoms with Gasteiger partial charge in [0.1, 0.15) is 11.3 Å². The average molecular weight is 421 g/mol. The number of nitrogens with zero attached hydrogens (tertiary/aromatic N) is 2. The summed E-state index contributed by atoms with van der Waals surface area (Å²) < 4.78 is 14.7. The van der Waals surface area contributed by atoms with Gasteiger partial charge in [0, 0.05) is 24.2 Å². The van der Waals surface area contributed by atoms with Crippen molar-refractivity contribution in [3.63, 3.8) is 0 Å². The molecule has 2 aromatic heterocycles. The summed E-state index contributed by atoms with van der Waals surface area (Å²) >= 11 is 0. The third-order valence-electron chi connectivity index (χ3n) is 5.42. The summed E-state index contributed by atoms with van der Waals surface area (Å²) in [4.78, 5) is 25.4. The predicted octanol–water partition coefficient (Wildman–Crippen LogP) is 2.40. The Morgan fingerprint density at radius 3 is 2.74 bits per heavy atom. The number of para-hydroxylation sites is 1. The van der Waals surface area contributed by atoms with Crippen LogP contribution >= 0.6 is 0 Å². The normalized spacial score (nSPS) is 12.4. The summed E-state index contributed by atoms with van der Waals surface area (Å²) in [6.45, 7) is 2.67. The van der Waals surface area contributed by atoms with E-state index in [4.69, 9.17) is 5.73 Å². The molecule has 0 bridgehead atoms. The summed E-state index contributed by atoms with van der Waals surface area (Å²) in [5.74, 6) is -0.601. The molecular weight excluding hydrogens is 397 g/mol. The van der Waals surface area contributed by atoms with E-state index in [2.05, 4.69) is 15.5 Å². The minimum atomic E-state index is -0.723. The van der Waals surface area contributed by atoms with Crippen LogP contribution in [-0.2, 0) is 17.8 Å². The van der Waals surface area contributed by atoms with Crippen LogP contribution < -0.4 is 16.6 Å². The molecule has 0 radical (unpaired) electrons. The maximum absolute atomic E-state index is 13.1. The van der Waals surface area contributed by atoms with Crippen LogP contribution in [0.15, 0.2) is 53.3 Å². The number of benzene rings is 2. The Kier molecular flexibility index (Phi) is 5.81. The van der Waals surface area contributed by atoms with E-state index in [0.29, 0.717) is 36.8 Å². The molecule has 0 aliphatic rings. The highest BCUT2D eigenvalue weighted by Gasteiger charge is 2.16. The first-order valence-corrected chi connectivity index (χ1v) is 10.2. The standard InChI is InChI=1S/C23H24FN5O2/c1-14-20-21(28-27-14)17-5-2-3-6-19(17)29(23(20)31)12-4-11-26-22(30)18(25)13-15-7-9-16(24)10-8-15/h2-3,5-10,18H,4,11-13,25H2,1H3,(H,26,30)(H,27,28). The Labute approximate surface area is 178 Å². The number of aromatic amines is 1. The van der Waals surface area contributed by atoms with Gasteiger partial charge in [0.25, 0.3) is 5.56 Å². The van der Waals surface area contributed by atoms with E-state index >= 15 is 0 Å².